The molecule has 10 aromatic carbocycles. The molecule has 0 fully saturated rings. The van der Waals surface area contributed by atoms with Crippen LogP contribution in [0.4, 0.5) is 17.1 Å². The zero-order chi connectivity index (χ0) is 41.6. The molecule has 0 bridgehead atoms. The van der Waals surface area contributed by atoms with Crippen molar-refractivity contribution in [3.8, 4) is 39.1 Å². The molecular formula is C60H46N2. The van der Waals surface area contributed by atoms with Gasteiger partial charge < -0.3 is 9.47 Å². The van der Waals surface area contributed by atoms with Gasteiger partial charge in [-0.25, -0.2) is 0 Å². The normalized spacial score (nSPS) is 11.6. The van der Waals surface area contributed by atoms with E-state index < -0.39 is 0 Å². The molecule has 0 unspecified atom stereocenters. The van der Waals surface area contributed by atoms with E-state index in [-0.39, 0.29) is 0 Å². The van der Waals surface area contributed by atoms with Crippen molar-refractivity contribution in [2.24, 2.45) is 5.92 Å². The Kier molecular flexibility index (Phi) is 9.47. The van der Waals surface area contributed by atoms with Gasteiger partial charge in [0.05, 0.1) is 11.0 Å². The van der Waals surface area contributed by atoms with Gasteiger partial charge in [-0.05, 0) is 146 Å². The van der Waals surface area contributed by atoms with Crippen LogP contribution < -0.4 is 4.90 Å². The second kappa shape index (κ2) is 15.7. The van der Waals surface area contributed by atoms with Crippen molar-refractivity contribution in [2.75, 3.05) is 4.90 Å². The third-order valence-corrected chi connectivity index (χ3v) is 12.4. The highest BCUT2D eigenvalue weighted by Gasteiger charge is 2.19. The molecule has 11 rings (SSSR count). The summed E-state index contributed by atoms with van der Waals surface area (Å²) in [6.45, 7) is 4.59. The number of hydrogen-bond donors (Lipinski definition) is 0. The third kappa shape index (κ3) is 6.62. The van der Waals surface area contributed by atoms with Crippen LogP contribution in [0.15, 0.2) is 224 Å². The van der Waals surface area contributed by atoms with Crippen LogP contribution in [0.5, 0.6) is 0 Å². The molecule has 2 heteroatoms. The van der Waals surface area contributed by atoms with Gasteiger partial charge in [-0.1, -0.05) is 166 Å². The van der Waals surface area contributed by atoms with Crippen molar-refractivity contribution in [1.29, 1.82) is 0 Å². The molecule has 0 aliphatic carbocycles. The number of rotatable bonds is 9. The van der Waals surface area contributed by atoms with Crippen LogP contribution in [0.1, 0.15) is 19.4 Å². The third-order valence-electron chi connectivity index (χ3n) is 12.4. The van der Waals surface area contributed by atoms with Crippen LogP contribution in [0, 0.1) is 5.92 Å². The summed E-state index contributed by atoms with van der Waals surface area (Å²) in [4.78, 5) is 2.36. The fraction of sp³-hybridized carbons (Fsp3) is 0.0667. The predicted molar refractivity (Wildman–Crippen MR) is 265 cm³/mol. The van der Waals surface area contributed by atoms with E-state index in [2.05, 4.69) is 248 Å². The second-order valence-electron chi connectivity index (χ2n) is 16.8. The average molecular weight is 795 g/mol. The first-order valence-electron chi connectivity index (χ1n) is 21.8. The summed E-state index contributed by atoms with van der Waals surface area (Å²) in [5.74, 6) is 0.593. The van der Waals surface area contributed by atoms with Gasteiger partial charge in [0.25, 0.3) is 0 Å². The minimum absolute atomic E-state index is 0.593. The van der Waals surface area contributed by atoms with Gasteiger partial charge >= 0.3 is 0 Å². The van der Waals surface area contributed by atoms with Gasteiger partial charge in [0.2, 0.25) is 0 Å². The molecule has 0 aliphatic rings. The fourth-order valence-corrected chi connectivity index (χ4v) is 9.66. The zero-order valence-electron chi connectivity index (χ0n) is 35.0. The first kappa shape index (κ1) is 37.3. The molecule has 0 amide bonds. The summed E-state index contributed by atoms with van der Waals surface area (Å²) in [5.41, 5.74) is 15.7. The zero-order valence-corrected chi connectivity index (χ0v) is 35.0. The number of para-hydroxylation sites is 2. The van der Waals surface area contributed by atoms with Crippen LogP contribution in [-0.4, -0.2) is 4.57 Å². The highest BCUT2D eigenvalue weighted by Crippen LogP contribution is 2.45. The van der Waals surface area contributed by atoms with E-state index in [0.29, 0.717) is 5.92 Å². The van der Waals surface area contributed by atoms with Crippen LogP contribution in [0.2, 0.25) is 0 Å². The predicted octanol–water partition coefficient (Wildman–Crippen LogP) is 16.8. The van der Waals surface area contributed by atoms with Crippen molar-refractivity contribution in [1.82, 2.24) is 4.57 Å². The van der Waals surface area contributed by atoms with Gasteiger partial charge in [0, 0.05) is 33.5 Å². The number of anilines is 3. The molecule has 1 aromatic heterocycles. The molecule has 0 saturated carbocycles. The quantitative estimate of drug-likeness (QED) is 0.132. The van der Waals surface area contributed by atoms with Crippen LogP contribution in [0.25, 0.3) is 82.4 Å². The van der Waals surface area contributed by atoms with Gasteiger partial charge in [0.1, 0.15) is 0 Å². The first-order valence-corrected chi connectivity index (χ1v) is 21.8. The van der Waals surface area contributed by atoms with Crippen molar-refractivity contribution < 1.29 is 0 Å². The molecule has 62 heavy (non-hydrogen) atoms. The highest BCUT2D eigenvalue weighted by molar-refractivity contribution is 6.21. The van der Waals surface area contributed by atoms with E-state index in [9.17, 15) is 0 Å². The highest BCUT2D eigenvalue weighted by atomic mass is 15.1. The Morgan fingerprint density at radius 1 is 0.355 bits per heavy atom. The van der Waals surface area contributed by atoms with E-state index in [1.807, 2.05) is 0 Å². The summed E-state index contributed by atoms with van der Waals surface area (Å²) in [5, 5.41) is 7.61. The summed E-state index contributed by atoms with van der Waals surface area (Å²) < 4.78 is 2.41. The number of aromatic nitrogens is 1. The van der Waals surface area contributed by atoms with Crippen molar-refractivity contribution in [2.45, 2.75) is 20.3 Å². The van der Waals surface area contributed by atoms with E-state index in [1.54, 1.807) is 0 Å². The smallest absolute Gasteiger partial charge is 0.0541 e. The molecule has 11 aromatic rings. The second-order valence-corrected chi connectivity index (χ2v) is 16.8. The summed E-state index contributed by atoms with van der Waals surface area (Å²) in [7, 11) is 0. The number of hydrogen-bond acceptors (Lipinski definition) is 1. The Bertz CT molecular complexity index is 3310. The van der Waals surface area contributed by atoms with Gasteiger partial charge in [-0.3, -0.25) is 0 Å². The number of nitrogens with zero attached hydrogens (tertiary/aromatic N) is 2. The molecule has 0 saturated heterocycles. The lowest BCUT2D eigenvalue weighted by molar-refractivity contribution is 0.648. The molecule has 2 nitrogen and oxygen atoms in total. The maximum absolute atomic E-state index is 2.41. The fourth-order valence-electron chi connectivity index (χ4n) is 9.66. The molecule has 0 spiro atoms. The maximum Gasteiger partial charge on any atom is 0.0541 e. The topological polar surface area (TPSA) is 8.17 Å². The minimum Gasteiger partial charge on any atom is -0.311 e. The SMILES string of the molecule is CC(C)Cc1ccc2c(c1)c1cc(-c3ccc(N(c4ccccc4)c4ccc(-c5c6ccccc6c(-c6ccccc6)c6ccccc56)cc4)cc3)ccc1n2-c1ccccc1. The Morgan fingerprint density at radius 3 is 1.32 bits per heavy atom. The Hall–Kier alpha value is -7.68. The number of benzene rings is 10. The summed E-state index contributed by atoms with van der Waals surface area (Å²) >= 11 is 0. The lowest BCUT2D eigenvalue weighted by atomic mass is 9.86. The van der Waals surface area contributed by atoms with Gasteiger partial charge in [-0.2, -0.15) is 0 Å². The molecule has 0 radical (unpaired) electrons. The van der Waals surface area contributed by atoms with Crippen LogP contribution >= 0.6 is 0 Å². The molecule has 0 N–H and O–H groups in total. The average Bonchev–Trinajstić information content (AvgIpc) is 3.65. The molecule has 0 aliphatic heterocycles. The maximum atomic E-state index is 2.41. The van der Waals surface area contributed by atoms with Crippen molar-refractivity contribution >= 4 is 60.4 Å². The summed E-state index contributed by atoms with van der Waals surface area (Å²) in [6, 6.07) is 82.2. The largest absolute Gasteiger partial charge is 0.311 e. The first-order chi connectivity index (χ1) is 30.6. The Morgan fingerprint density at radius 2 is 0.774 bits per heavy atom. The Balaban J connectivity index is 0.987. The Labute approximate surface area is 363 Å². The van der Waals surface area contributed by atoms with E-state index in [1.165, 1.54) is 88.0 Å². The van der Waals surface area contributed by atoms with E-state index in [4.69, 9.17) is 0 Å². The van der Waals surface area contributed by atoms with E-state index >= 15 is 0 Å². The van der Waals surface area contributed by atoms with Crippen molar-refractivity contribution in [3.63, 3.8) is 0 Å². The van der Waals surface area contributed by atoms with Crippen LogP contribution in [-0.2, 0) is 6.42 Å². The van der Waals surface area contributed by atoms with Crippen molar-refractivity contribution in [3.05, 3.63) is 230 Å². The van der Waals surface area contributed by atoms with Gasteiger partial charge in [0.15, 0.2) is 0 Å². The lowest BCUT2D eigenvalue weighted by Crippen LogP contribution is -2.09. The van der Waals surface area contributed by atoms with Gasteiger partial charge in [-0.15, -0.1) is 0 Å². The molecular weight excluding hydrogens is 749 g/mol. The molecule has 296 valence electrons. The monoisotopic (exact) mass is 794 g/mol. The lowest BCUT2D eigenvalue weighted by Gasteiger charge is -2.26. The molecule has 0 atom stereocenters. The summed E-state index contributed by atoms with van der Waals surface area (Å²) in [6.07, 6.45) is 1.06. The van der Waals surface area contributed by atoms with E-state index in [0.717, 1.165) is 23.5 Å². The molecule has 1 heterocycles. The minimum atomic E-state index is 0.593. The standard InChI is InChI=1S/C60H46N2/c1-41(2)38-42-26-36-57-55(39-42)56-40-46(31-37-58(56)62(57)48-20-10-5-11-21-48)43-27-32-49(33-28-43)61(47-18-8-4-9-19-47)50-34-29-45(30-35-50)60-53-24-14-12-22-51(53)59(44-16-6-3-7-17-44)52-23-13-15-25-54(52)60/h3-37,39-41H,38H2,1-2H3. The number of fused-ring (bicyclic) bond motifs is 5. The van der Waals surface area contributed by atoms with Crippen LogP contribution in [0.3, 0.4) is 0 Å².